The molecule has 0 saturated heterocycles. The van der Waals surface area contributed by atoms with Crippen molar-refractivity contribution < 1.29 is 9.21 Å². The minimum absolute atomic E-state index is 0.197. The lowest BCUT2D eigenvalue weighted by Gasteiger charge is -2.05. The van der Waals surface area contributed by atoms with Crippen LogP contribution in [0.5, 0.6) is 0 Å². The van der Waals surface area contributed by atoms with Crippen molar-refractivity contribution in [1.29, 1.82) is 0 Å². The van der Waals surface area contributed by atoms with Crippen molar-refractivity contribution >= 4 is 55.3 Å². The Labute approximate surface area is 131 Å². The summed E-state index contributed by atoms with van der Waals surface area (Å²) in [6.45, 7) is 1.86. The summed E-state index contributed by atoms with van der Waals surface area (Å²) in [4.78, 5) is 17.6. The van der Waals surface area contributed by atoms with Gasteiger partial charge < -0.3 is 9.73 Å². The molecule has 1 N–H and O–H groups in total. The number of nitrogens with zero attached hydrogens (tertiary/aromatic N) is 2. The minimum atomic E-state index is -0.384. The number of hydrogen-bond acceptors (Lipinski definition) is 5. The number of halogens is 1. The highest BCUT2D eigenvalue weighted by molar-refractivity contribution is 9.10. The summed E-state index contributed by atoms with van der Waals surface area (Å²) in [6, 6.07) is 3.23. The van der Waals surface area contributed by atoms with Crippen LogP contribution in [0.4, 0.5) is 0 Å². The lowest BCUT2D eigenvalue weighted by atomic mass is 10.3. The van der Waals surface area contributed by atoms with Crippen LogP contribution in [-0.4, -0.2) is 20.3 Å². The maximum atomic E-state index is 12.0. The molecule has 0 aromatic carbocycles. The number of nitrogens with one attached hydrogen (secondary N) is 1. The third kappa shape index (κ3) is 2.30. The molecule has 0 spiro atoms. The Morgan fingerprint density at radius 1 is 1.55 bits per heavy atom. The number of imidazole rings is 1. The predicted octanol–water partition coefficient (Wildman–Crippen LogP) is 3.17. The van der Waals surface area contributed by atoms with E-state index in [2.05, 4.69) is 26.2 Å². The average Bonchev–Trinajstić information content (AvgIpc) is 3.04. The fourth-order valence-corrected chi connectivity index (χ4v) is 3.23. The average molecular weight is 370 g/mol. The van der Waals surface area contributed by atoms with Gasteiger partial charge in [-0.2, -0.15) is 0 Å². The lowest BCUT2D eigenvalue weighted by molar-refractivity contribution is 0.0949. The van der Waals surface area contributed by atoms with Crippen molar-refractivity contribution in [3.63, 3.8) is 0 Å². The molecule has 3 aromatic heterocycles. The zero-order valence-electron chi connectivity index (χ0n) is 10.2. The molecule has 20 heavy (non-hydrogen) atoms. The first-order valence-corrected chi connectivity index (χ1v) is 7.67. The number of furan rings is 1. The van der Waals surface area contributed by atoms with Crippen LogP contribution in [0.25, 0.3) is 4.96 Å². The molecular formula is C12H8BrN3O2S2. The molecule has 3 heterocycles. The second-order valence-corrected chi connectivity index (χ2v) is 6.05. The maximum absolute atomic E-state index is 12.0. The molecule has 3 rings (SSSR count). The van der Waals surface area contributed by atoms with Gasteiger partial charge in [-0.1, -0.05) is 12.2 Å². The van der Waals surface area contributed by atoms with Crippen LogP contribution in [0.2, 0.25) is 0 Å². The van der Waals surface area contributed by atoms with E-state index >= 15 is 0 Å². The fraction of sp³-hybridized carbons (Fsp3) is 0.0833. The molecule has 0 atom stereocenters. The van der Waals surface area contributed by atoms with Gasteiger partial charge in [-0.15, -0.1) is 11.3 Å². The first kappa shape index (κ1) is 13.5. The van der Waals surface area contributed by atoms with Gasteiger partial charge in [0.2, 0.25) is 0 Å². The second-order valence-electron chi connectivity index (χ2n) is 3.99. The standard InChI is InChI=1S/C12H8BrN3O2S2/c1-6-9(16-4-5-20-12(16)14-6)11(19)15-10(17)7-2-3-8(13)18-7/h2-5H,1H3,(H,15,17,19). The predicted molar refractivity (Wildman–Crippen MR) is 83.4 cm³/mol. The highest BCUT2D eigenvalue weighted by atomic mass is 79.9. The zero-order chi connectivity index (χ0) is 14.3. The van der Waals surface area contributed by atoms with Crippen LogP contribution in [0.15, 0.2) is 32.8 Å². The Kier molecular flexibility index (Phi) is 3.45. The smallest absolute Gasteiger partial charge is 0.292 e. The van der Waals surface area contributed by atoms with E-state index < -0.39 is 0 Å². The zero-order valence-corrected chi connectivity index (χ0v) is 13.4. The van der Waals surface area contributed by atoms with Gasteiger partial charge in [0.25, 0.3) is 5.91 Å². The van der Waals surface area contributed by atoms with Gasteiger partial charge in [-0.3, -0.25) is 9.20 Å². The van der Waals surface area contributed by atoms with Crippen LogP contribution >= 0.6 is 39.5 Å². The number of thiocarbonyl (C=S) groups is 1. The third-order valence-electron chi connectivity index (χ3n) is 2.68. The maximum Gasteiger partial charge on any atom is 0.292 e. The quantitative estimate of drug-likeness (QED) is 0.704. The van der Waals surface area contributed by atoms with Crippen molar-refractivity contribution in [3.05, 3.63) is 45.5 Å². The first-order valence-electron chi connectivity index (χ1n) is 5.59. The van der Waals surface area contributed by atoms with E-state index in [-0.39, 0.29) is 11.7 Å². The van der Waals surface area contributed by atoms with Gasteiger partial charge in [-0.25, -0.2) is 4.98 Å². The number of carbonyl (C=O) groups is 1. The highest BCUT2D eigenvalue weighted by Gasteiger charge is 2.18. The van der Waals surface area contributed by atoms with E-state index in [9.17, 15) is 4.79 Å². The Morgan fingerprint density at radius 2 is 2.35 bits per heavy atom. The van der Waals surface area contributed by atoms with Crippen LogP contribution in [0, 0.1) is 6.92 Å². The molecule has 0 aliphatic heterocycles. The number of fused-ring (bicyclic) bond motifs is 1. The number of thiazole rings is 1. The van der Waals surface area contributed by atoms with Gasteiger partial charge in [0.05, 0.1) is 5.69 Å². The molecule has 0 saturated carbocycles. The molecule has 8 heteroatoms. The normalized spacial score (nSPS) is 10.9. The number of carbonyl (C=O) groups excluding carboxylic acids is 1. The highest BCUT2D eigenvalue weighted by Crippen LogP contribution is 2.18. The van der Waals surface area contributed by atoms with Gasteiger partial charge in [0.15, 0.2) is 15.4 Å². The Hall–Kier alpha value is -1.51. The summed E-state index contributed by atoms with van der Waals surface area (Å²) in [6.07, 6.45) is 1.87. The molecule has 0 radical (unpaired) electrons. The summed E-state index contributed by atoms with van der Waals surface area (Å²) in [7, 11) is 0. The minimum Gasteiger partial charge on any atom is -0.444 e. The van der Waals surface area contributed by atoms with E-state index in [0.29, 0.717) is 9.66 Å². The van der Waals surface area contributed by atoms with E-state index in [1.807, 2.05) is 22.9 Å². The molecule has 0 aliphatic carbocycles. The summed E-state index contributed by atoms with van der Waals surface area (Å²) in [5.41, 5.74) is 1.50. The second kappa shape index (κ2) is 5.12. The molecule has 5 nitrogen and oxygen atoms in total. The molecular weight excluding hydrogens is 362 g/mol. The molecule has 0 unspecified atom stereocenters. The first-order chi connectivity index (χ1) is 9.56. The van der Waals surface area contributed by atoms with Crippen molar-refractivity contribution in [2.24, 2.45) is 0 Å². The molecule has 1 amide bonds. The van der Waals surface area contributed by atoms with E-state index in [4.69, 9.17) is 16.6 Å². The monoisotopic (exact) mass is 369 g/mol. The van der Waals surface area contributed by atoms with Crippen LogP contribution in [-0.2, 0) is 0 Å². The van der Waals surface area contributed by atoms with Crippen LogP contribution in [0.1, 0.15) is 21.9 Å². The number of rotatable bonds is 2. The summed E-state index contributed by atoms with van der Waals surface area (Å²) in [5, 5.41) is 4.57. The van der Waals surface area contributed by atoms with E-state index in [1.54, 1.807) is 12.1 Å². The topological polar surface area (TPSA) is 59.5 Å². The van der Waals surface area contributed by atoms with Crippen LogP contribution < -0.4 is 5.32 Å². The van der Waals surface area contributed by atoms with E-state index in [0.717, 1.165) is 16.3 Å². The SMILES string of the molecule is Cc1nc2sccn2c1C(=S)NC(=O)c1ccc(Br)o1. The summed E-state index contributed by atoms with van der Waals surface area (Å²) in [5.74, 6) is -0.187. The van der Waals surface area contributed by atoms with Crippen molar-refractivity contribution in [2.45, 2.75) is 6.92 Å². The summed E-state index contributed by atoms with van der Waals surface area (Å²) < 4.78 is 7.55. The van der Waals surface area contributed by atoms with Crippen LogP contribution in [0.3, 0.4) is 0 Å². The summed E-state index contributed by atoms with van der Waals surface area (Å²) >= 11 is 9.96. The Balaban J connectivity index is 1.88. The molecule has 102 valence electrons. The Bertz CT molecular complexity index is 818. The van der Waals surface area contributed by atoms with Gasteiger partial charge in [0.1, 0.15) is 10.7 Å². The van der Waals surface area contributed by atoms with Gasteiger partial charge >= 0.3 is 0 Å². The van der Waals surface area contributed by atoms with Gasteiger partial charge in [-0.05, 0) is 35.0 Å². The Morgan fingerprint density at radius 3 is 3.05 bits per heavy atom. The molecule has 0 aliphatic rings. The van der Waals surface area contributed by atoms with Gasteiger partial charge in [0, 0.05) is 11.6 Å². The lowest BCUT2D eigenvalue weighted by Crippen LogP contribution is -2.30. The van der Waals surface area contributed by atoms with Crippen molar-refractivity contribution in [1.82, 2.24) is 14.7 Å². The number of aromatic nitrogens is 2. The molecule has 0 bridgehead atoms. The number of hydrogen-bond donors (Lipinski definition) is 1. The largest absolute Gasteiger partial charge is 0.444 e. The van der Waals surface area contributed by atoms with E-state index in [1.165, 1.54) is 11.3 Å². The fourth-order valence-electron chi connectivity index (χ4n) is 1.83. The third-order valence-corrected chi connectivity index (χ3v) is 4.15. The number of amides is 1. The molecule has 3 aromatic rings. The van der Waals surface area contributed by atoms with Crippen molar-refractivity contribution in [2.75, 3.05) is 0 Å². The number of aryl methyl sites for hydroxylation is 1. The van der Waals surface area contributed by atoms with Crippen molar-refractivity contribution in [3.8, 4) is 0 Å². The molecule has 0 fully saturated rings.